The van der Waals surface area contributed by atoms with Crippen molar-refractivity contribution in [3.63, 3.8) is 0 Å². The number of nitrogens with two attached hydrogens (primary N) is 1. The number of primary amides is 1. The highest BCUT2D eigenvalue weighted by Crippen LogP contribution is 2.13. The lowest BCUT2D eigenvalue weighted by atomic mass is 10.4. The van der Waals surface area contributed by atoms with Gasteiger partial charge in [-0.1, -0.05) is 29.8 Å². The lowest BCUT2D eigenvalue weighted by Gasteiger charge is -2.04. The molecule has 0 saturated heterocycles. The van der Waals surface area contributed by atoms with E-state index in [9.17, 15) is 9.00 Å². The minimum Gasteiger partial charge on any atom is -0.368 e. The van der Waals surface area contributed by atoms with E-state index < -0.39 is 21.4 Å². The molecule has 0 heterocycles. The molecule has 1 aromatic rings. The molecule has 2 atom stereocenters. The molecule has 70 valence electrons. The van der Waals surface area contributed by atoms with Gasteiger partial charge in [-0.25, -0.2) is 0 Å². The second-order valence-electron chi connectivity index (χ2n) is 2.33. The minimum atomic E-state index is -1.57. The van der Waals surface area contributed by atoms with Crippen molar-refractivity contribution in [2.45, 2.75) is 9.60 Å². The van der Waals surface area contributed by atoms with E-state index in [0.717, 1.165) is 0 Å². The topological polar surface area (TPSA) is 60.2 Å². The van der Waals surface area contributed by atoms with Gasteiger partial charge in [-0.15, -0.1) is 0 Å². The first-order valence-corrected chi connectivity index (χ1v) is 5.17. The van der Waals surface area contributed by atoms with Gasteiger partial charge in [0.2, 0.25) is 5.91 Å². The summed E-state index contributed by atoms with van der Waals surface area (Å²) in [6.07, 6.45) is 0. The Morgan fingerprint density at radius 3 is 2.38 bits per heavy atom. The van der Waals surface area contributed by atoms with Gasteiger partial charge in [0.05, 0.1) is 10.8 Å². The van der Waals surface area contributed by atoms with Crippen LogP contribution in [0.25, 0.3) is 0 Å². The third-order valence-electron chi connectivity index (χ3n) is 1.39. The van der Waals surface area contributed by atoms with E-state index in [1.54, 1.807) is 30.3 Å². The zero-order valence-electron chi connectivity index (χ0n) is 6.64. The zero-order valence-corrected chi connectivity index (χ0v) is 8.22. The van der Waals surface area contributed by atoms with Gasteiger partial charge in [0.25, 0.3) is 0 Å². The van der Waals surface area contributed by atoms with E-state index in [0.29, 0.717) is 4.90 Å². The highest BCUT2D eigenvalue weighted by atomic mass is 35.5. The van der Waals surface area contributed by atoms with Crippen LogP contribution in [0.5, 0.6) is 0 Å². The smallest absolute Gasteiger partial charge is 0.248 e. The monoisotopic (exact) mass is 217 g/mol. The molecule has 3 nitrogen and oxygen atoms in total. The van der Waals surface area contributed by atoms with Gasteiger partial charge in [-0.2, -0.15) is 0 Å². The van der Waals surface area contributed by atoms with Crippen LogP contribution in [0, 0.1) is 0 Å². The predicted molar refractivity (Wildman–Crippen MR) is 51.7 cm³/mol. The molecule has 13 heavy (non-hydrogen) atoms. The SMILES string of the molecule is NC(=O)[C@H](Cl)[S@@](=O)c1ccccc1. The summed E-state index contributed by atoms with van der Waals surface area (Å²) in [7, 11) is -1.57. The van der Waals surface area contributed by atoms with Gasteiger partial charge in [0.1, 0.15) is 0 Å². The van der Waals surface area contributed by atoms with Crippen LogP contribution in [0.1, 0.15) is 0 Å². The van der Waals surface area contributed by atoms with Crippen molar-refractivity contribution in [3.8, 4) is 0 Å². The summed E-state index contributed by atoms with van der Waals surface area (Å²) in [4.78, 5) is 11.1. The molecule has 0 aromatic heterocycles. The fourth-order valence-corrected chi connectivity index (χ4v) is 1.96. The molecule has 0 aliphatic carbocycles. The van der Waals surface area contributed by atoms with Crippen molar-refractivity contribution >= 4 is 28.3 Å². The molecule has 0 aliphatic heterocycles. The number of halogens is 1. The van der Waals surface area contributed by atoms with E-state index in [-0.39, 0.29) is 0 Å². The van der Waals surface area contributed by atoms with Crippen molar-refractivity contribution in [1.29, 1.82) is 0 Å². The lowest BCUT2D eigenvalue weighted by Crippen LogP contribution is -2.27. The molecule has 0 bridgehead atoms. The van der Waals surface area contributed by atoms with Crippen molar-refractivity contribution < 1.29 is 9.00 Å². The molecule has 1 rings (SSSR count). The predicted octanol–water partition coefficient (Wildman–Crippen LogP) is 0.844. The van der Waals surface area contributed by atoms with E-state index in [1.807, 2.05) is 0 Å². The standard InChI is InChI=1S/C8H8ClNO2S/c9-7(8(10)11)13(12)6-4-2-1-3-5-6/h1-5,7H,(H2,10,11)/t7-,13+/m1/s1. The van der Waals surface area contributed by atoms with Crippen LogP contribution in [-0.4, -0.2) is 14.8 Å². The van der Waals surface area contributed by atoms with Crippen molar-refractivity contribution in [2.24, 2.45) is 5.73 Å². The Hall–Kier alpha value is -0.870. The summed E-state index contributed by atoms with van der Waals surface area (Å²) in [6.45, 7) is 0. The van der Waals surface area contributed by atoms with Gasteiger partial charge in [0.15, 0.2) is 4.71 Å². The zero-order chi connectivity index (χ0) is 9.84. The van der Waals surface area contributed by atoms with Crippen molar-refractivity contribution in [1.82, 2.24) is 0 Å². The first-order chi connectivity index (χ1) is 6.13. The molecule has 0 aliphatic rings. The normalized spacial score (nSPS) is 14.8. The van der Waals surface area contributed by atoms with E-state index >= 15 is 0 Å². The van der Waals surface area contributed by atoms with Gasteiger partial charge in [-0.05, 0) is 12.1 Å². The quantitative estimate of drug-likeness (QED) is 0.763. The summed E-state index contributed by atoms with van der Waals surface area (Å²) in [5, 5.41) is 0. The Kier molecular flexibility index (Phi) is 3.45. The highest BCUT2D eigenvalue weighted by molar-refractivity contribution is 7.88. The Balaban J connectivity index is 2.86. The van der Waals surface area contributed by atoms with E-state index in [2.05, 4.69) is 0 Å². The second kappa shape index (κ2) is 4.39. The highest BCUT2D eigenvalue weighted by Gasteiger charge is 2.20. The van der Waals surface area contributed by atoms with Crippen LogP contribution in [0.4, 0.5) is 0 Å². The number of carbonyl (C=O) groups excluding carboxylic acids is 1. The van der Waals surface area contributed by atoms with Crippen LogP contribution in [0.15, 0.2) is 35.2 Å². The van der Waals surface area contributed by atoms with Gasteiger partial charge in [-0.3, -0.25) is 9.00 Å². The Labute approximate surface area is 83.3 Å². The van der Waals surface area contributed by atoms with E-state index in [4.69, 9.17) is 17.3 Å². The molecule has 0 spiro atoms. The molecular weight excluding hydrogens is 210 g/mol. The van der Waals surface area contributed by atoms with Crippen molar-refractivity contribution in [2.75, 3.05) is 0 Å². The summed E-state index contributed by atoms with van der Waals surface area (Å²) >= 11 is 5.53. The molecule has 5 heteroatoms. The summed E-state index contributed by atoms with van der Waals surface area (Å²) in [5.41, 5.74) is 4.91. The van der Waals surface area contributed by atoms with Crippen LogP contribution in [0.3, 0.4) is 0 Å². The average Bonchev–Trinajstić information content (AvgIpc) is 2.17. The second-order valence-corrected chi connectivity index (χ2v) is 4.56. The maximum absolute atomic E-state index is 11.5. The first-order valence-electron chi connectivity index (χ1n) is 3.52. The number of hydrogen-bond acceptors (Lipinski definition) is 2. The number of hydrogen-bond donors (Lipinski definition) is 1. The number of rotatable bonds is 3. The van der Waals surface area contributed by atoms with Gasteiger partial charge >= 0.3 is 0 Å². The number of benzene rings is 1. The summed E-state index contributed by atoms with van der Waals surface area (Å²) in [6, 6.07) is 8.49. The minimum absolute atomic E-state index is 0.501. The molecular formula is C8H8ClNO2S. The molecule has 1 aromatic carbocycles. The number of amides is 1. The average molecular weight is 218 g/mol. The summed E-state index contributed by atoms with van der Waals surface area (Å²) < 4.78 is 10.3. The third kappa shape index (κ3) is 2.54. The van der Waals surface area contributed by atoms with Crippen LogP contribution < -0.4 is 5.73 Å². The number of alkyl halides is 1. The molecule has 0 unspecified atom stereocenters. The molecule has 0 radical (unpaired) electrons. The third-order valence-corrected chi connectivity index (χ3v) is 3.43. The molecule has 1 amide bonds. The Morgan fingerprint density at radius 2 is 1.92 bits per heavy atom. The van der Waals surface area contributed by atoms with Gasteiger partial charge in [0, 0.05) is 4.90 Å². The maximum atomic E-state index is 11.5. The largest absolute Gasteiger partial charge is 0.368 e. The van der Waals surface area contributed by atoms with Crippen molar-refractivity contribution in [3.05, 3.63) is 30.3 Å². The van der Waals surface area contributed by atoms with E-state index in [1.165, 1.54) is 0 Å². The molecule has 0 saturated carbocycles. The molecule has 2 N–H and O–H groups in total. The first kappa shape index (κ1) is 10.2. The number of carbonyl (C=O) groups is 1. The fraction of sp³-hybridized carbons (Fsp3) is 0.125. The Morgan fingerprint density at radius 1 is 1.38 bits per heavy atom. The lowest BCUT2D eigenvalue weighted by molar-refractivity contribution is -0.116. The van der Waals surface area contributed by atoms with Crippen LogP contribution >= 0.6 is 11.6 Å². The Bertz CT molecular complexity index is 328. The fourth-order valence-electron chi connectivity index (χ4n) is 0.780. The van der Waals surface area contributed by atoms with Crippen LogP contribution in [-0.2, 0) is 15.6 Å². The maximum Gasteiger partial charge on any atom is 0.248 e. The molecule has 0 fully saturated rings. The van der Waals surface area contributed by atoms with Crippen LogP contribution in [0.2, 0.25) is 0 Å². The van der Waals surface area contributed by atoms with Gasteiger partial charge < -0.3 is 5.73 Å². The summed E-state index contributed by atoms with van der Waals surface area (Å²) in [5.74, 6) is -0.774.